The highest BCUT2D eigenvalue weighted by Crippen LogP contribution is 2.27. The van der Waals surface area contributed by atoms with E-state index in [-0.39, 0.29) is 22.1 Å². The maximum atomic E-state index is 14.0. The average Bonchev–Trinajstić information content (AvgIpc) is 2.37. The van der Waals surface area contributed by atoms with Crippen LogP contribution in [0.15, 0.2) is 29.3 Å². The summed E-state index contributed by atoms with van der Waals surface area (Å²) in [6, 6.07) is 3.92. The van der Waals surface area contributed by atoms with E-state index in [1.165, 1.54) is 25.3 Å². The van der Waals surface area contributed by atoms with E-state index in [0.717, 1.165) is 6.07 Å². The molecule has 0 saturated heterocycles. The van der Waals surface area contributed by atoms with Crippen molar-refractivity contribution in [1.82, 2.24) is 4.98 Å². The lowest BCUT2D eigenvalue weighted by molar-refractivity contribution is 0.565. The zero-order chi connectivity index (χ0) is 15.8. The molecule has 1 heterocycles. The first-order chi connectivity index (χ1) is 9.70. The van der Waals surface area contributed by atoms with Gasteiger partial charge in [0.15, 0.2) is 5.15 Å². The SMILES string of the molecule is Cc1cnc(Cl)c(NS(=O)(=O)c2cc(N)cc(C)c2F)c1. The van der Waals surface area contributed by atoms with Crippen molar-refractivity contribution < 1.29 is 12.8 Å². The largest absolute Gasteiger partial charge is 0.399 e. The van der Waals surface area contributed by atoms with Gasteiger partial charge in [-0.2, -0.15) is 0 Å². The molecule has 0 amide bonds. The van der Waals surface area contributed by atoms with Crippen LogP contribution < -0.4 is 10.5 Å². The van der Waals surface area contributed by atoms with E-state index < -0.39 is 20.7 Å². The summed E-state index contributed by atoms with van der Waals surface area (Å²) < 4.78 is 40.9. The van der Waals surface area contributed by atoms with Gasteiger partial charge in [0.25, 0.3) is 10.0 Å². The predicted molar refractivity (Wildman–Crippen MR) is 80.3 cm³/mol. The smallest absolute Gasteiger partial charge is 0.265 e. The third-order valence-electron chi connectivity index (χ3n) is 2.75. The zero-order valence-corrected chi connectivity index (χ0v) is 12.9. The zero-order valence-electron chi connectivity index (χ0n) is 11.3. The van der Waals surface area contributed by atoms with E-state index in [2.05, 4.69) is 9.71 Å². The summed E-state index contributed by atoms with van der Waals surface area (Å²) >= 11 is 5.84. The van der Waals surface area contributed by atoms with Gasteiger partial charge >= 0.3 is 0 Å². The Morgan fingerprint density at radius 3 is 2.62 bits per heavy atom. The molecular weight excluding hydrogens is 317 g/mol. The number of sulfonamides is 1. The van der Waals surface area contributed by atoms with Gasteiger partial charge in [-0.25, -0.2) is 17.8 Å². The summed E-state index contributed by atoms with van der Waals surface area (Å²) in [5, 5.41) is -0.0230. The summed E-state index contributed by atoms with van der Waals surface area (Å²) in [5.74, 6) is -0.853. The van der Waals surface area contributed by atoms with Gasteiger partial charge in [0.05, 0.1) is 5.69 Å². The summed E-state index contributed by atoms with van der Waals surface area (Å²) in [6.07, 6.45) is 1.49. The lowest BCUT2D eigenvalue weighted by Gasteiger charge is -2.12. The lowest BCUT2D eigenvalue weighted by atomic mass is 10.2. The van der Waals surface area contributed by atoms with Crippen molar-refractivity contribution in [3.05, 3.63) is 46.5 Å². The first-order valence-electron chi connectivity index (χ1n) is 5.91. The molecule has 8 heteroatoms. The number of aryl methyl sites for hydroxylation is 2. The molecular formula is C13H13ClFN3O2S. The molecule has 0 atom stereocenters. The fourth-order valence-corrected chi connectivity index (χ4v) is 3.23. The van der Waals surface area contributed by atoms with Gasteiger partial charge in [-0.05, 0) is 43.2 Å². The molecule has 0 fully saturated rings. The number of pyridine rings is 1. The normalized spacial score (nSPS) is 11.4. The minimum absolute atomic E-state index is 0.0230. The van der Waals surface area contributed by atoms with Gasteiger partial charge in [0.1, 0.15) is 10.7 Å². The molecule has 112 valence electrons. The van der Waals surface area contributed by atoms with Crippen molar-refractivity contribution >= 4 is 33.0 Å². The molecule has 5 nitrogen and oxygen atoms in total. The average molecular weight is 330 g/mol. The minimum Gasteiger partial charge on any atom is -0.399 e. The molecule has 0 aliphatic heterocycles. The summed E-state index contributed by atoms with van der Waals surface area (Å²) in [7, 11) is -4.16. The number of rotatable bonds is 3. The topological polar surface area (TPSA) is 85.1 Å². The van der Waals surface area contributed by atoms with Crippen LogP contribution >= 0.6 is 11.6 Å². The number of halogens is 2. The van der Waals surface area contributed by atoms with Crippen molar-refractivity contribution in [3.8, 4) is 0 Å². The first kappa shape index (κ1) is 15.5. The third-order valence-corrected chi connectivity index (χ3v) is 4.42. The molecule has 2 aromatic rings. The number of nitrogens with two attached hydrogens (primary N) is 1. The van der Waals surface area contributed by atoms with Crippen molar-refractivity contribution in [2.24, 2.45) is 0 Å². The van der Waals surface area contributed by atoms with Crippen LogP contribution in [0.25, 0.3) is 0 Å². The van der Waals surface area contributed by atoms with Crippen LogP contribution in [0.3, 0.4) is 0 Å². The molecule has 0 radical (unpaired) electrons. The lowest BCUT2D eigenvalue weighted by Crippen LogP contribution is -2.16. The minimum atomic E-state index is -4.16. The molecule has 0 saturated carbocycles. The van der Waals surface area contributed by atoms with Gasteiger partial charge in [0, 0.05) is 11.9 Å². The van der Waals surface area contributed by atoms with Crippen molar-refractivity contribution in [3.63, 3.8) is 0 Å². The molecule has 1 aromatic carbocycles. The molecule has 0 bridgehead atoms. The molecule has 0 aliphatic carbocycles. The second kappa shape index (κ2) is 5.50. The Morgan fingerprint density at radius 2 is 1.95 bits per heavy atom. The Morgan fingerprint density at radius 1 is 1.29 bits per heavy atom. The first-order valence-corrected chi connectivity index (χ1v) is 7.77. The highest BCUT2D eigenvalue weighted by molar-refractivity contribution is 7.92. The molecule has 0 spiro atoms. The number of nitrogens with one attached hydrogen (secondary N) is 1. The second-order valence-electron chi connectivity index (χ2n) is 4.61. The number of benzene rings is 1. The van der Waals surface area contributed by atoms with E-state index in [0.29, 0.717) is 5.56 Å². The Bertz CT molecular complexity index is 809. The Hall–Kier alpha value is -1.86. The Kier molecular flexibility index (Phi) is 4.06. The summed E-state index contributed by atoms with van der Waals surface area (Å²) in [5.41, 5.74) is 6.66. The van der Waals surface area contributed by atoms with Crippen molar-refractivity contribution in [1.29, 1.82) is 0 Å². The Labute approximate surface area is 127 Å². The fourth-order valence-electron chi connectivity index (χ4n) is 1.78. The van der Waals surface area contributed by atoms with Crippen LogP contribution in [0.1, 0.15) is 11.1 Å². The van der Waals surface area contributed by atoms with E-state index in [1.54, 1.807) is 6.92 Å². The van der Waals surface area contributed by atoms with Crippen LogP contribution in [0.4, 0.5) is 15.8 Å². The Balaban J connectivity index is 2.51. The van der Waals surface area contributed by atoms with Gasteiger partial charge in [-0.1, -0.05) is 11.6 Å². The van der Waals surface area contributed by atoms with Gasteiger partial charge < -0.3 is 5.73 Å². The van der Waals surface area contributed by atoms with Crippen molar-refractivity contribution in [2.75, 3.05) is 10.5 Å². The van der Waals surface area contributed by atoms with E-state index >= 15 is 0 Å². The number of hydrogen-bond acceptors (Lipinski definition) is 4. The van der Waals surface area contributed by atoms with Crippen molar-refractivity contribution in [2.45, 2.75) is 18.7 Å². The molecule has 0 aliphatic rings. The summed E-state index contributed by atoms with van der Waals surface area (Å²) in [4.78, 5) is 3.30. The van der Waals surface area contributed by atoms with Crippen LogP contribution in [-0.2, 0) is 10.0 Å². The number of anilines is 2. The second-order valence-corrected chi connectivity index (χ2v) is 6.62. The van der Waals surface area contributed by atoms with Crippen LogP contribution in [0.2, 0.25) is 5.15 Å². The monoisotopic (exact) mass is 329 g/mol. The van der Waals surface area contributed by atoms with E-state index in [4.69, 9.17) is 17.3 Å². The molecule has 1 aromatic heterocycles. The molecule has 0 unspecified atom stereocenters. The third kappa shape index (κ3) is 3.25. The highest BCUT2D eigenvalue weighted by atomic mass is 35.5. The number of nitrogens with zero attached hydrogens (tertiary/aromatic N) is 1. The fraction of sp³-hybridized carbons (Fsp3) is 0.154. The van der Waals surface area contributed by atoms with Crippen LogP contribution in [0.5, 0.6) is 0 Å². The van der Waals surface area contributed by atoms with Gasteiger partial charge in [-0.3, -0.25) is 4.72 Å². The van der Waals surface area contributed by atoms with E-state index in [1.807, 2.05) is 0 Å². The standard InChI is InChI=1S/C13H13ClFN3O2S/c1-7-3-10(13(14)17-6-7)18-21(19,20)11-5-9(16)4-8(2)12(11)15/h3-6,18H,16H2,1-2H3. The van der Waals surface area contributed by atoms with Crippen LogP contribution in [-0.4, -0.2) is 13.4 Å². The van der Waals surface area contributed by atoms with Crippen LogP contribution in [0, 0.1) is 19.7 Å². The molecule has 21 heavy (non-hydrogen) atoms. The highest BCUT2D eigenvalue weighted by Gasteiger charge is 2.22. The maximum Gasteiger partial charge on any atom is 0.265 e. The number of aromatic nitrogens is 1. The van der Waals surface area contributed by atoms with E-state index in [9.17, 15) is 12.8 Å². The summed E-state index contributed by atoms with van der Waals surface area (Å²) in [6.45, 7) is 3.16. The maximum absolute atomic E-state index is 14.0. The number of hydrogen-bond donors (Lipinski definition) is 2. The molecule has 2 rings (SSSR count). The quantitative estimate of drug-likeness (QED) is 0.669. The predicted octanol–water partition coefficient (Wildman–Crippen LogP) is 2.87. The van der Waals surface area contributed by atoms with Gasteiger partial charge in [-0.15, -0.1) is 0 Å². The number of nitrogen functional groups attached to an aromatic ring is 1. The molecule has 3 N–H and O–H groups in total. The van der Waals surface area contributed by atoms with Gasteiger partial charge in [0.2, 0.25) is 0 Å².